The van der Waals surface area contributed by atoms with Gasteiger partial charge in [0.2, 0.25) is 0 Å². The summed E-state index contributed by atoms with van der Waals surface area (Å²) in [6, 6.07) is 9.69. The average molecular weight is 244 g/mol. The van der Waals surface area contributed by atoms with Gasteiger partial charge >= 0.3 is 0 Å². The molecule has 96 valence electrons. The smallest absolute Gasteiger partial charge is 0.128 e. The Bertz CT molecular complexity index is 447. The molecule has 0 saturated heterocycles. The molecule has 0 aliphatic heterocycles. The number of ether oxygens (including phenoxy) is 1. The minimum absolute atomic E-state index is 0.189. The Kier molecular flexibility index (Phi) is 5.33. The normalized spacial score (nSPS) is 13.5. The number of nitrogens with two attached hydrogens (primary N) is 1. The van der Waals surface area contributed by atoms with E-state index in [1.807, 2.05) is 44.2 Å². The molecule has 3 nitrogen and oxygen atoms in total. The van der Waals surface area contributed by atoms with Crippen molar-refractivity contribution in [1.82, 2.24) is 0 Å². The summed E-state index contributed by atoms with van der Waals surface area (Å²) in [6.07, 6.45) is 1.26. The molecule has 3 N–H and O–H groups in total. The SMILES string of the molecule is C=C(/C(OCc1ccccc1)=C(/C)C=N)C(C)N. The van der Waals surface area contributed by atoms with Crippen LogP contribution in [0.25, 0.3) is 0 Å². The Labute approximate surface area is 108 Å². The minimum Gasteiger partial charge on any atom is -0.488 e. The van der Waals surface area contributed by atoms with Crippen LogP contribution in [0.1, 0.15) is 19.4 Å². The van der Waals surface area contributed by atoms with Crippen LogP contribution >= 0.6 is 0 Å². The van der Waals surface area contributed by atoms with Crippen LogP contribution in [0.5, 0.6) is 0 Å². The van der Waals surface area contributed by atoms with Gasteiger partial charge in [0.05, 0.1) is 0 Å². The summed E-state index contributed by atoms with van der Waals surface area (Å²) < 4.78 is 5.75. The fourth-order valence-corrected chi connectivity index (χ4v) is 1.46. The Morgan fingerprint density at radius 1 is 1.44 bits per heavy atom. The first-order valence-corrected chi connectivity index (χ1v) is 5.89. The number of nitrogens with one attached hydrogen (secondary N) is 1. The van der Waals surface area contributed by atoms with Crippen molar-refractivity contribution in [3.05, 3.63) is 59.4 Å². The topological polar surface area (TPSA) is 59.1 Å². The first-order chi connectivity index (χ1) is 8.56. The Balaban J connectivity index is 2.82. The second kappa shape index (κ2) is 6.77. The molecule has 0 fully saturated rings. The van der Waals surface area contributed by atoms with Crippen molar-refractivity contribution in [3.63, 3.8) is 0 Å². The van der Waals surface area contributed by atoms with Gasteiger partial charge in [-0.1, -0.05) is 36.9 Å². The van der Waals surface area contributed by atoms with Crippen molar-refractivity contribution >= 4 is 6.21 Å². The quantitative estimate of drug-likeness (QED) is 0.459. The Morgan fingerprint density at radius 3 is 2.56 bits per heavy atom. The third-order valence-corrected chi connectivity index (χ3v) is 2.64. The van der Waals surface area contributed by atoms with Gasteiger partial charge < -0.3 is 15.9 Å². The zero-order valence-corrected chi connectivity index (χ0v) is 10.9. The first-order valence-electron chi connectivity index (χ1n) is 5.89. The van der Waals surface area contributed by atoms with E-state index >= 15 is 0 Å². The Morgan fingerprint density at radius 2 is 2.06 bits per heavy atom. The molecule has 0 amide bonds. The van der Waals surface area contributed by atoms with Crippen molar-refractivity contribution in [2.75, 3.05) is 0 Å². The maximum Gasteiger partial charge on any atom is 0.128 e. The zero-order valence-electron chi connectivity index (χ0n) is 10.9. The van der Waals surface area contributed by atoms with Crippen molar-refractivity contribution in [1.29, 1.82) is 5.41 Å². The number of hydrogen-bond acceptors (Lipinski definition) is 3. The van der Waals surface area contributed by atoms with E-state index in [4.69, 9.17) is 15.9 Å². The molecule has 0 saturated carbocycles. The molecular formula is C15H20N2O. The number of rotatable bonds is 6. The highest BCUT2D eigenvalue weighted by Gasteiger charge is 2.11. The summed E-state index contributed by atoms with van der Waals surface area (Å²) in [5.41, 5.74) is 8.33. The lowest BCUT2D eigenvalue weighted by Gasteiger charge is -2.17. The van der Waals surface area contributed by atoms with E-state index in [1.54, 1.807) is 0 Å². The molecule has 0 aromatic heterocycles. The summed E-state index contributed by atoms with van der Waals surface area (Å²) in [4.78, 5) is 0. The van der Waals surface area contributed by atoms with Gasteiger partial charge in [-0.25, -0.2) is 0 Å². The van der Waals surface area contributed by atoms with Gasteiger partial charge in [-0.3, -0.25) is 0 Å². The van der Waals surface area contributed by atoms with Crippen LogP contribution in [0.4, 0.5) is 0 Å². The molecule has 1 atom stereocenters. The van der Waals surface area contributed by atoms with E-state index in [0.717, 1.165) is 11.1 Å². The molecule has 1 rings (SSSR count). The van der Waals surface area contributed by atoms with E-state index in [1.165, 1.54) is 6.21 Å². The summed E-state index contributed by atoms with van der Waals surface area (Å²) in [5.74, 6) is 0.615. The predicted molar refractivity (Wildman–Crippen MR) is 75.5 cm³/mol. The standard InChI is InChI=1S/C15H20N2O/c1-11(9-16)15(12(2)13(3)17)18-10-14-7-5-4-6-8-14/h4-9,13,16H,2,10,17H2,1,3H3/b15-11+,16-9?. The molecule has 1 aromatic rings. The number of hydrogen-bond donors (Lipinski definition) is 2. The highest BCUT2D eigenvalue weighted by Crippen LogP contribution is 2.18. The van der Waals surface area contributed by atoms with Crippen molar-refractivity contribution in [2.45, 2.75) is 26.5 Å². The second-order valence-corrected chi connectivity index (χ2v) is 4.24. The molecule has 3 heteroatoms. The van der Waals surface area contributed by atoms with Gasteiger partial charge in [-0.15, -0.1) is 0 Å². The third kappa shape index (κ3) is 3.86. The van der Waals surface area contributed by atoms with E-state index in [9.17, 15) is 0 Å². The van der Waals surface area contributed by atoms with Crippen LogP contribution in [0.2, 0.25) is 0 Å². The maximum atomic E-state index is 7.31. The molecule has 0 aliphatic carbocycles. The highest BCUT2D eigenvalue weighted by atomic mass is 16.5. The molecule has 0 spiro atoms. The van der Waals surface area contributed by atoms with E-state index in [2.05, 4.69) is 6.58 Å². The number of benzene rings is 1. The van der Waals surface area contributed by atoms with Gasteiger partial charge in [-0.2, -0.15) is 0 Å². The predicted octanol–water partition coefficient (Wildman–Crippen LogP) is 3.03. The Hall–Kier alpha value is -1.87. The van der Waals surface area contributed by atoms with Crippen LogP contribution in [0.3, 0.4) is 0 Å². The van der Waals surface area contributed by atoms with Crippen LogP contribution in [0.15, 0.2) is 53.8 Å². The lowest BCUT2D eigenvalue weighted by atomic mass is 10.1. The van der Waals surface area contributed by atoms with Gasteiger partial charge in [0, 0.05) is 23.4 Å². The molecule has 0 bridgehead atoms. The zero-order chi connectivity index (χ0) is 13.5. The number of allylic oxidation sites excluding steroid dienone is 1. The van der Waals surface area contributed by atoms with Crippen LogP contribution < -0.4 is 5.73 Å². The molecule has 1 unspecified atom stereocenters. The van der Waals surface area contributed by atoms with E-state index < -0.39 is 0 Å². The van der Waals surface area contributed by atoms with Crippen molar-refractivity contribution in [3.8, 4) is 0 Å². The highest BCUT2D eigenvalue weighted by molar-refractivity contribution is 5.77. The largest absolute Gasteiger partial charge is 0.488 e. The van der Waals surface area contributed by atoms with Crippen molar-refractivity contribution < 1.29 is 4.74 Å². The fourth-order valence-electron chi connectivity index (χ4n) is 1.46. The molecule has 0 heterocycles. The maximum absolute atomic E-state index is 7.31. The molecule has 0 radical (unpaired) electrons. The minimum atomic E-state index is -0.189. The van der Waals surface area contributed by atoms with Gasteiger partial charge in [-0.05, 0) is 19.4 Å². The lowest BCUT2D eigenvalue weighted by Crippen LogP contribution is -2.20. The summed E-state index contributed by atoms with van der Waals surface area (Å²) in [7, 11) is 0. The molecule has 1 aromatic carbocycles. The van der Waals surface area contributed by atoms with Crippen LogP contribution in [-0.4, -0.2) is 12.3 Å². The van der Waals surface area contributed by atoms with Gasteiger partial charge in [0.1, 0.15) is 12.4 Å². The van der Waals surface area contributed by atoms with Crippen molar-refractivity contribution in [2.24, 2.45) is 5.73 Å². The lowest BCUT2D eigenvalue weighted by molar-refractivity contribution is 0.202. The summed E-state index contributed by atoms with van der Waals surface area (Å²) >= 11 is 0. The molecular weight excluding hydrogens is 224 g/mol. The first kappa shape index (κ1) is 14.2. The van der Waals surface area contributed by atoms with Gasteiger partial charge in [0.15, 0.2) is 0 Å². The van der Waals surface area contributed by atoms with E-state index in [-0.39, 0.29) is 6.04 Å². The van der Waals surface area contributed by atoms with Crippen LogP contribution in [-0.2, 0) is 11.3 Å². The average Bonchev–Trinajstić information content (AvgIpc) is 2.39. The summed E-state index contributed by atoms with van der Waals surface area (Å²) in [6.45, 7) is 8.05. The molecule has 0 aliphatic rings. The monoisotopic (exact) mass is 244 g/mol. The second-order valence-electron chi connectivity index (χ2n) is 4.24. The van der Waals surface area contributed by atoms with Gasteiger partial charge in [0.25, 0.3) is 0 Å². The fraction of sp³-hybridized carbons (Fsp3) is 0.267. The van der Waals surface area contributed by atoms with Crippen LogP contribution in [0, 0.1) is 5.41 Å². The summed E-state index contributed by atoms with van der Waals surface area (Å²) in [5, 5.41) is 7.31. The van der Waals surface area contributed by atoms with E-state index in [0.29, 0.717) is 17.9 Å². The third-order valence-electron chi connectivity index (χ3n) is 2.64. The molecule has 18 heavy (non-hydrogen) atoms.